The first kappa shape index (κ1) is 15.2. The van der Waals surface area contributed by atoms with E-state index in [4.69, 9.17) is 9.47 Å². The molecule has 0 unspecified atom stereocenters. The van der Waals surface area contributed by atoms with E-state index < -0.39 is 0 Å². The first-order chi connectivity index (χ1) is 8.97. The Morgan fingerprint density at radius 2 is 2.11 bits per heavy atom. The van der Waals surface area contributed by atoms with Crippen LogP contribution >= 0.6 is 0 Å². The highest BCUT2D eigenvalue weighted by atomic mass is 16.5. The molecule has 0 fully saturated rings. The van der Waals surface area contributed by atoms with Crippen molar-refractivity contribution in [1.82, 2.24) is 9.97 Å². The summed E-state index contributed by atoms with van der Waals surface area (Å²) in [6.45, 7) is 8.35. The molecule has 1 aromatic heterocycles. The number of aryl methyl sites for hydroxylation is 1. The molecular formula is C13H21N3O3. The lowest BCUT2D eigenvalue weighted by molar-refractivity contribution is -0.139. The second kappa shape index (κ2) is 6.92. The van der Waals surface area contributed by atoms with E-state index >= 15 is 0 Å². The molecule has 0 aliphatic rings. The predicted molar refractivity (Wildman–Crippen MR) is 72.4 cm³/mol. The maximum atomic E-state index is 11.5. The van der Waals surface area contributed by atoms with E-state index in [-0.39, 0.29) is 18.6 Å². The predicted octanol–water partition coefficient (Wildman–Crippen LogP) is 1.57. The van der Waals surface area contributed by atoms with Crippen molar-refractivity contribution in [1.29, 1.82) is 0 Å². The Morgan fingerprint density at radius 1 is 1.42 bits per heavy atom. The molecule has 6 nitrogen and oxygen atoms in total. The van der Waals surface area contributed by atoms with Gasteiger partial charge < -0.3 is 14.4 Å². The number of esters is 1. The van der Waals surface area contributed by atoms with Gasteiger partial charge >= 0.3 is 5.97 Å². The Bertz CT molecular complexity index is 435. The molecule has 0 saturated heterocycles. The van der Waals surface area contributed by atoms with Crippen molar-refractivity contribution in [2.24, 2.45) is 0 Å². The summed E-state index contributed by atoms with van der Waals surface area (Å²) in [6, 6.07) is 1.85. The molecule has 0 spiro atoms. The van der Waals surface area contributed by atoms with Crippen molar-refractivity contribution in [3.05, 3.63) is 11.9 Å². The van der Waals surface area contributed by atoms with Crippen molar-refractivity contribution in [3.63, 3.8) is 0 Å². The average Bonchev–Trinajstić information content (AvgIpc) is 2.34. The van der Waals surface area contributed by atoms with Crippen LogP contribution in [0.1, 0.15) is 26.6 Å². The zero-order valence-corrected chi connectivity index (χ0v) is 12.1. The number of nitrogens with zero attached hydrogens (tertiary/aromatic N) is 3. The zero-order valence-electron chi connectivity index (χ0n) is 12.1. The summed E-state index contributed by atoms with van der Waals surface area (Å²) in [5.41, 5.74) is 0. The van der Waals surface area contributed by atoms with Gasteiger partial charge in [0.1, 0.15) is 18.2 Å². The SMILES string of the molecule is CCOc1cc(N(CC(=O)OC)C(C)C)nc(C)n1. The normalized spacial score (nSPS) is 10.4. The molecule has 0 amide bonds. The molecule has 106 valence electrons. The summed E-state index contributed by atoms with van der Waals surface area (Å²) in [5.74, 6) is 1.48. The number of ether oxygens (including phenoxy) is 2. The van der Waals surface area contributed by atoms with Gasteiger partial charge in [-0.2, -0.15) is 4.98 Å². The van der Waals surface area contributed by atoms with Crippen molar-refractivity contribution < 1.29 is 14.3 Å². The largest absolute Gasteiger partial charge is 0.478 e. The average molecular weight is 267 g/mol. The van der Waals surface area contributed by atoms with Crippen molar-refractivity contribution in [2.75, 3.05) is 25.2 Å². The molecule has 1 aromatic rings. The number of rotatable bonds is 6. The molecule has 0 bridgehead atoms. The Balaban J connectivity index is 3.04. The number of carbonyl (C=O) groups is 1. The van der Waals surface area contributed by atoms with Crippen LogP contribution in [-0.4, -0.2) is 42.2 Å². The first-order valence-corrected chi connectivity index (χ1v) is 6.29. The van der Waals surface area contributed by atoms with E-state index in [2.05, 4.69) is 9.97 Å². The highest BCUT2D eigenvalue weighted by Crippen LogP contribution is 2.19. The summed E-state index contributed by atoms with van der Waals surface area (Å²) in [5, 5.41) is 0. The molecule has 0 atom stereocenters. The Morgan fingerprint density at radius 3 is 2.63 bits per heavy atom. The highest BCUT2D eigenvalue weighted by Gasteiger charge is 2.18. The van der Waals surface area contributed by atoms with Crippen LogP contribution in [0.3, 0.4) is 0 Å². The lowest BCUT2D eigenvalue weighted by atomic mass is 10.3. The number of hydrogen-bond acceptors (Lipinski definition) is 6. The molecule has 1 rings (SSSR count). The minimum atomic E-state index is -0.303. The minimum absolute atomic E-state index is 0.114. The van der Waals surface area contributed by atoms with Crippen LogP contribution in [0.2, 0.25) is 0 Å². The van der Waals surface area contributed by atoms with Gasteiger partial charge in [-0.1, -0.05) is 0 Å². The number of methoxy groups -OCH3 is 1. The van der Waals surface area contributed by atoms with E-state index in [0.29, 0.717) is 24.1 Å². The molecule has 0 N–H and O–H groups in total. The lowest BCUT2D eigenvalue weighted by Gasteiger charge is -2.26. The molecule has 0 saturated carbocycles. The maximum absolute atomic E-state index is 11.5. The van der Waals surface area contributed by atoms with Gasteiger partial charge in [0, 0.05) is 12.1 Å². The smallest absolute Gasteiger partial charge is 0.325 e. The Labute approximate surface area is 113 Å². The van der Waals surface area contributed by atoms with Crippen LogP contribution in [0.5, 0.6) is 5.88 Å². The van der Waals surface area contributed by atoms with Crippen molar-refractivity contribution in [3.8, 4) is 5.88 Å². The van der Waals surface area contributed by atoms with Gasteiger partial charge in [0.05, 0.1) is 13.7 Å². The fourth-order valence-corrected chi connectivity index (χ4v) is 1.63. The first-order valence-electron chi connectivity index (χ1n) is 6.29. The number of carbonyl (C=O) groups excluding carboxylic acids is 1. The van der Waals surface area contributed by atoms with Crippen LogP contribution in [0.25, 0.3) is 0 Å². The van der Waals surface area contributed by atoms with Gasteiger partial charge in [-0.15, -0.1) is 0 Å². The topological polar surface area (TPSA) is 64.5 Å². The zero-order chi connectivity index (χ0) is 14.4. The Hall–Kier alpha value is -1.85. The third-order valence-corrected chi connectivity index (χ3v) is 2.54. The molecule has 6 heteroatoms. The van der Waals surface area contributed by atoms with Gasteiger partial charge in [-0.05, 0) is 27.7 Å². The third-order valence-electron chi connectivity index (χ3n) is 2.54. The Kier molecular flexibility index (Phi) is 5.54. The maximum Gasteiger partial charge on any atom is 0.325 e. The van der Waals surface area contributed by atoms with E-state index in [9.17, 15) is 4.79 Å². The summed E-state index contributed by atoms with van der Waals surface area (Å²) in [6.07, 6.45) is 0. The second-order valence-electron chi connectivity index (χ2n) is 4.34. The van der Waals surface area contributed by atoms with Crippen LogP contribution < -0.4 is 9.64 Å². The van der Waals surface area contributed by atoms with Gasteiger partial charge in [-0.3, -0.25) is 4.79 Å². The third kappa shape index (κ3) is 4.39. The van der Waals surface area contributed by atoms with E-state index in [1.807, 2.05) is 25.7 Å². The summed E-state index contributed by atoms with van der Waals surface area (Å²) >= 11 is 0. The molecule has 19 heavy (non-hydrogen) atoms. The fraction of sp³-hybridized carbons (Fsp3) is 0.615. The minimum Gasteiger partial charge on any atom is -0.478 e. The second-order valence-corrected chi connectivity index (χ2v) is 4.34. The summed E-state index contributed by atoms with van der Waals surface area (Å²) < 4.78 is 10.1. The van der Waals surface area contributed by atoms with Gasteiger partial charge in [0.2, 0.25) is 5.88 Å². The molecule has 0 aliphatic heterocycles. The fourth-order valence-electron chi connectivity index (χ4n) is 1.63. The van der Waals surface area contributed by atoms with Crippen LogP contribution in [0, 0.1) is 6.92 Å². The van der Waals surface area contributed by atoms with Gasteiger partial charge in [-0.25, -0.2) is 4.98 Å². The molecule has 0 radical (unpaired) electrons. The van der Waals surface area contributed by atoms with Crippen molar-refractivity contribution >= 4 is 11.8 Å². The van der Waals surface area contributed by atoms with Crippen molar-refractivity contribution in [2.45, 2.75) is 33.7 Å². The van der Waals surface area contributed by atoms with Crippen LogP contribution in [0.15, 0.2) is 6.07 Å². The van der Waals surface area contributed by atoms with Gasteiger partial charge in [0.25, 0.3) is 0 Å². The number of hydrogen-bond donors (Lipinski definition) is 0. The standard InChI is InChI=1S/C13H21N3O3/c1-6-19-12-7-11(14-10(4)15-12)16(9(2)3)8-13(17)18-5/h7,9H,6,8H2,1-5H3. The summed E-state index contributed by atoms with van der Waals surface area (Å²) in [7, 11) is 1.37. The van der Waals surface area contributed by atoms with Gasteiger partial charge in [0.15, 0.2) is 0 Å². The van der Waals surface area contributed by atoms with E-state index in [1.165, 1.54) is 7.11 Å². The number of aromatic nitrogens is 2. The number of anilines is 1. The molecule has 0 aromatic carbocycles. The highest BCUT2D eigenvalue weighted by molar-refractivity contribution is 5.75. The van der Waals surface area contributed by atoms with E-state index in [0.717, 1.165) is 0 Å². The van der Waals surface area contributed by atoms with E-state index in [1.54, 1.807) is 13.0 Å². The molecule has 0 aliphatic carbocycles. The lowest BCUT2D eigenvalue weighted by Crippen LogP contribution is -2.37. The quantitative estimate of drug-likeness (QED) is 0.729. The molecular weight excluding hydrogens is 246 g/mol. The summed E-state index contributed by atoms with van der Waals surface area (Å²) in [4.78, 5) is 21.8. The monoisotopic (exact) mass is 267 g/mol. The van der Waals surface area contributed by atoms with Crippen LogP contribution in [-0.2, 0) is 9.53 Å². The molecule has 1 heterocycles. The van der Waals surface area contributed by atoms with Crippen LogP contribution in [0.4, 0.5) is 5.82 Å².